The Kier molecular flexibility index (Phi) is 3.62. The fourth-order valence-corrected chi connectivity index (χ4v) is 2.49. The maximum atomic E-state index is 12.0. The van der Waals surface area contributed by atoms with Gasteiger partial charge in [0.2, 0.25) is 0 Å². The van der Waals surface area contributed by atoms with Crippen molar-refractivity contribution in [3.05, 3.63) is 39.6 Å². The highest BCUT2D eigenvalue weighted by molar-refractivity contribution is 7.12. The smallest absolute Gasteiger partial charge is 0.348 e. The number of phenols is 2. The first-order valence-corrected chi connectivity index (χ1v) is 6.43. The van der Waals surface area contributed by atoms with Crippen LogP contribution in [-0.2, 0) is 0 Å². The van der Waals surface area contributed by atoms with Crippen LogP contribution in [0.5, 0.6) is 11.5 Å². The summed E-state index contributed by atoms with van der Waals surface area (Å²) in [6.45, 7) is 1.67. The monoisotopic (exact) mass is 293 g/mol. The third-order valence-corrected chi connectivity index (χ3v) is 3.72. The average molecular weight is 293 g/mol. The van der Waals surface area contributed by atoms with Gasteiger partial charge in [0.1, 0.15) is 16.4 Å². The van der Waals surface area contributed by atoms with Crippen molar-refractivity contribution in [2.24, 2.45) is 0 Å². The Balaban J connectivity index is 2.35. The third-order valence-electron chi connectivity index (χ3n) is 2.63. The third kappa shape index (κ3) is 2.57. The molecule has 104 valence electrons. The Morgan fingerprint density at radius 1 is 1.25 bits per heavy atom. The van der Waals surface area contributed by atoms with Gasteiger partial charge in [-0.2, -0.15) is 0 Å². The van der Waals surface area contributed by atoms with Gasteiger partial charge in [-0.15, -0.1) is 11.3 Å². The van der Waals surface area contributed by atoms with Crippen molar-refractivity contribution in [2.45, 2.75) is 6.92 Å². The van der Waals surface area contributed by atoms with E-state index in [4.69, 9.17) is 5.11 Å². The minimum atomic E-state index is -1.14. The molecule has 2 aromatic rings. The molecule has 6 nitrogen and oxygen atoms in total. The fourth-order valence-electron chi connectivity index (χ4n) is 1.64. The van der Waals surface area contributed by atoms with Crippen LogP contribution in [0.15, 0.2) is 23.6 Å². The molecule has 2 rings (SSSR count). The molecule has 4 N–H and O–H groups in total. The minimum Gasteiger partial charge on any atom is -0.508 e. The topological polar surface area (TPSA) is 107 Å². The zero-order valence-electron chi connectivity index (χ0n) is 10.4. The highest BCUT2D eigenvalue weighted by atomic mass is 32.1. The molecule has 0 spiro atoms. The van der Waals surface area contributed by atoms with Crippen molar-refractivity contribution >= 4 is 28.9 Å². The van der Waals surface area contributed by atoms with Crippen molar-refractivity contribution in [3.63, 3.8) is 0 Å². The Labute approximate surface area is 117 Å². The molecule has 0 bridgehead atoms. The van der Waals surface area contributed by atoms with Crippen LogP contribution in [0, 0.1) is 6.92 Å². The standard InChI is InChI=1S/C13H11NO5S/c1-6-5-20-11(13(18)19)10(6)14-12(17)8-4-7(15)2-3-9(8)16/h2-5,15-16H,1H3,(H,14,17)(H,18,19). The highest BCUT2D eigenvalue weighted by Crippen LogP contribution is 2.29. The van der Waals surface area contributed by atoms with Crippen LogP contribution in [0.4, 0.5) is 5.69 Å². The first kappa shape index (κ1) is 13.9. The molecule has 7 heteroatoms. The molecular weight excluding hydrogens is 282 g/mol. The summed E-state index contributed by atoms with van der Waals surface area (Å²) in [5.74, 6) is -2.31. The van der Waals surface area contributed by atoms with Crippen LogP contribution in [0.2, 0.25) is 0 Å². The van der Waals surface area contributed by atoms with Crippen molar-refractivity contribution in [3.8, 4) is 11.5 Å². The molecule has 0 aliphatic rings. The zero-order chi connectivity index (χ0) is 14.9. The predicted octanol–water partition coefficient (Wildman–Crippen LogP) is 2.42. The summed E-state index contributed by atoms with van der Waals surface area (Å²) in [6.07, 6.45) is 0. The largest absolute Gasteiger partial charge is 0.508 e. The molecule has 0 radical (unpaired) electrons. The molecule has 1 aromatic heterocycles. The van der Waals surface area contributed by atoms with E-state index in [-0.39, 0.29) is 27.6 Å². The second kappa shape index (κ2) is 5.22. The van der Waals surface area contributed by atoms with E-state index in [1.807, 2.05) is 0 Å². The molecule has 0 unspecified atom stereocenters. The van der Waals surface area contributed by atoms with Crippen LogP contribution in [-0.4, -0.2) is 27.2 Å². The number of thiophene rings is 1. The van der Waals surface area contributed by atoms with Crippen molar-refractivity contribution < 1.29 is 24.9 Å². The number of nitrogens with one attached hydrogen (secondary N) is 1. The summed E-state index contributed by atoms with van der Waals surface area (Å²) in [5.41, 5.74) is 0.669. The van der Waals surface area contributed by atoms with Crippen molar-refractivity contribution in [2.75, 3.05) is 5.32 Å². The van der Waals surface area contributed by atoms with Crippen LogP contribution in [0.1, 0.15) is 25.6 Å². The number of aromatic carboxylic acids is 1. The summed E-state index contributed by atoms with van der Waals surface area (Å²) in [4.78, 5) is 23.1. The summed E-state index contributed by atoms with van der Waals surface area (Å²) < 4.78 is 0. The lowest BCUT2D eigenvalue weighted by Gasteiger charge is -2.08. The number of anilines is 1. The second-order valence-electron chi connectivity index (χ2n) is 4.08. The number of hydrogen-bond acceptors (Lipinski definition) is 5. The van der Waals surface area contributed by atoms with E-state index in [2.05, 4.69) is 5.32 Å². The molecule has 1 heterocycles. The first-order chi connectivity index (χ1) is 9.40. The van der Waals surface area contributed by atoms with Gasteiger partial charge in [-0.25, -0.2) is 4.79 Å². The summed E-state index contributed by atoms with van der Waals surface area (Å²) in [6, 6.07) is 3.53. The molecule has 1 amide bonds. The van der Waals surface area contributed by atoms with E-state index in [0.717, 1.165) is 17.4 Å². The molecule has 20 heavy (non-hydrogen) atoms. The SMILES string of the molecule is Cc1csc(C(=O)O)c1NC(=O)c1cc(O)ccc1O. The number of aromatic hydroxyl groups is 2. The predicted molar refractivity (Wildman–Crippen MR) is 73.7 cm³/mol. The van der Waals surface area contributed by atoms with Gasteiger partial charge in [0, 0.05) is 0 Å². The quantitative estimate of drug-likeness (QED) is 0.650. The average Bonchev–Trinajstić information content (AvgIpc) is 2.74. The number of rotatable bonds is 3. The summed E-state index contributed by atoms with van der Waals surface area (Å²) in [5, 5.41) is 32.0. The Morgan fingerprint density at radius 2 is 1.95 bits per heavy atom. The molecule has 0 aliphatic heterocycles. The van der Waals surface area contributed by atoms with Gasteiger partial charge in [0.15, 0.2) is 0 Å². The van der Waals surface area contributed by atoms with Crippen LogP contribution >= 0.6 is 11.3 Å². The van der Waals surface area contributed by atoms with E-state index in [9.17, 15) is 19.8 Å². The Hall–Kier alpha value is -2.54. The number of amides is 1. The molecule has 0 fully saturated rings. The molecular formula is C13H11NO5S. The van der Waals surface area contributed by atoms with E-state index >= 15 is 0 Å². The molecule has 0 saturated heterocycles. The molecule has 0 atom stereocenters. The van der Waals surface area contributed by atoms with Gasteiger partial charge < -0.3 is 20.6 Å². The number of aryl methyl sites for hydroxylation is 1. The molecule has 0 aliphatic carbocycles. The van der Waals surface area contributed by atoms with Gasteiger partial charge in [0.05, 0.1) is 11.3 Å². The van der Waals surface area contributed by atoms with E-state index in [1.165, 1.54) is 12.1 Å². The zero-order valence-corrected chi connectivity index (χ0v) is 11.2. The maximum absolute atomic E-state index is 12.0. The lowest BCUT2D eigenvalue weighted by Crippen LogP contribution is -2.14. The van der Waals surface area contributed by atoms with E-state index in [0.29, 0.717) is 5.56 Å². The van der Waals surface area contributed by atoms with Gasteiger partial charge in [-0.05, 0) is 36.1 Å². The van der Waals surface area contributed by atoms with Gasteiger partial charge >= 0.3 is 5.97 Å². The summed E-state index contributed by atoms with van der Waals surface area (Å²) in [7, 11) is 0. The summed E-state index contributed by atoms with van der Waals surface area (Å²) >= 11 is 1.00. The number of carbonyl (C=O) groups is 2. The van der Waals surface area contributed by atoms with Crippen molar-refractivity contribution in [1.82, 2.24) is 0 Å². The Morgan fingerprint density at radius 3 is 2.60 bits per heavy atom. The van der Waals surface area contributed by atoms with Gasteiger partial charge in [-0.1, -0.05) is 0 Å². The van der Waals surface area contributed by atoms with Gasteiger partial charge in [-0.3, -0.25) is 4.79 Å². The fraction of sp³-hybridized carbons (Fsp3) is 0.0769. The maximum Gasteiger partial charge on any atom is 0.348 e. The number of benzene rings is 1. The molecule has 1 aromatic carbocycles. The lowest BCUT2D eigenvalue weighted by molar-refractivity contribution is 0.0703. The van der Waals surface area contributed by atoms with Crippen molar-refractivity contribution in [1.29, 1.82) is 0 Å². The molecule has 0 saturated carbocycles. The normalized spacial score (nSPS) is 10.2. The van der Waals surface area contributed by atoms with Crippen LogP contribution < -0.4 is 5.32 Å². The van der Waals surface area contributed by atoms with E-state index < -0.39 is 11.9 Å². The lowest BCUT2D eigenvalue weighted by atomic mass is 10.1. The van der Waals surface area contributed by atoms with E-state index in [1.54, 1.807) is 12.3 Å². The van der Waals surface area contributed by atoms with Crippen LogP contribution in [0.25, 0.3) is 0 Å². The number of carboxylic acids is 1. The second-order valence-corrected chi connectivity index (χ2v) is 4.96. The Bertz CT molecular complexity index is 692. The number of carbonyl (C=O) groups excluding carboxylic acids is 1. The van der Waals surface area contributed by atoms with Crippen LogP contribution in [0.3, 0.4) is 0 Å². The first-order valence-electron chi connectivity index (χ1n) is 5.55. The number of hydrogen-bond donors (Lipinski definition) is 4. The minimum absolute atomic E-state index is 0.00972. The highest BCUT2D eigenvalue weighted by Gasteiger charge is 2.19. The number of phenolic OH excluding ortho intramolecular Hbond substituents is 2. The van der Waals surface area contributed by atoms with Gasteiger partial charge in [0.25, 0.3) is 5.91 Å². The number of carboxylic acid groups (broad SMARTS) is 1.